The predicted molar refractivity (Wildman–Crippen MR) is 113 cm³/mol. The fourth-order valence-electron chi connectivity index (χ4n) is 5.09. The average Bonchev–Trinajstić information content (AvgIpc) is 3.34. The first-order chi connectivity index (χ1) is 14.4. The Morgan fingerprint density at radius 2 is 1.77 bits per heavy atom. The molecule has 2 saturated carbocycles. The molecule has 0 spiro atoms. The van der Waals surface area contributed by atoms with E-state index in [0.29, 0.717) is 22.0 Å². The van der Waals surface area contributed by atoms with Crippen molar-refractivity contribution in [3.05, 3.63) is 58.1 Å². The molecule has 0 unspecified atom stereocenters. The van der Waals surface area contributed by atoms with Crippen LogP contribution in [0, 0.1) is 23.7 Å². The molecule has 5 atom stereocenters. The second kappa shape index (κ2) is 7.29. The molecule has 0 aromatic heterocycles. The zero-order valence-electron chi connectivity index (χ0n) is 15.7. The number of esters is 1. The van der Waals surface area contributed by atoms with E-state index in [1.165, 1.54) is 0 Å². The summed E-state index contributed by atoms with van der Waals surface area (Å²) < 4.78 is 5.40. The third-order valence-electron chi connectivity index (χ3n) is 6.40. The number of hydrogen-bond acceptors (Lipinski definition) is 4. The van der Waals surface area contributed by atoms with Crippen molar-refractivity contribution in [1.29, 1.82) is 0 Å². The molecule has 2 aromatic rings. The van der Waals surface area contributed by atoms with E-state index in [9.17, 15) is 14.4 Å². The second-order valence-corrected chi connectivity index (χ2v) is 8.83. The number of rotatable bonds is 4. The van der Waals surface area contributed by atoms with Gasteiger partial charge in [-0.1, -0.05) is 29.3 Å². The Bertz CT molecular complexity index is 1050. The molecule has 2 bridgehead atoms. The van der Waals surface area contributed by atoms with Gasteiger partial charge in [-0.2, -0.15) is 0 Å². The second-order valence-electron chi connectivity index (χ2n) is 8.04. The van der Waals surface area contributed by atoms with Gasteiger partial charge in [0.25, 0.3) is 5.91 Å². The third kappa shape index (κ3) is 3.15. The van der Waals surface area contributed by atoms with Crippen LogP contribution < -0.4 is 10.6 Å². The number of carbonyl (C=O) groups is 3. The summed E-state index contributed by atoms with van der Waals surface area (Å²) in [6, 6.07) is 11.5. The SMILES string of the molecule is O=C(Nc1cccc(Cl)c1Cl)c1ccc(NC(=O)[C@@H]2[C@@H]3C[C@@H]4[C@@H]2C(=O)O[C@H]4C3)cc1. The molecule has 5 rings (SSSR count). The molecule has 3 fully saturated rings. The van der Waals surface area contributed by atoms with Crippen molar-refractivity contribution in [2.75, 3.05) is 10.6 Å². The van der Waals surface area contributed by atoms with Crippen LogP contribution in [0.3, 0.4) is 0 Å². The zero-order chi connectivity index (χ0) is 21.0. The Hall–Kier alpha value is -2.57. The Balaban J connectivity index is 1.25. The van der Waals surface area contributed by atoms with Gasteiger partial charge in [0.2, 0.25) is 5.91 Å². The van der Waals surface area contributed by atoms with Gasteiger partial charge in [-0.05, 0) is 55.2 Å². The Morgan fingerprint density at radius 1 is 1.00 bits per heavy atom. The first-order valence-electron chi connectivity index (χ1n) is 9.79. The van der Waals surface area contributed by atoms with Crippen molar-refractivity contribution < 1.29 is 19.1 Å². The number of hydrogen-bond donors (Lipinski definition) is 2. The maximum absolute atomic E-state index is 12.8. The van der Waals surface area contributed by atoms with E-state index in [2.05, 4.69) is 10.6 Å². The lowest BCUT2D eigenvalue weighted by Gasteiger charge is -2.23. The largest absolute Gasteiger partial charge is 0.462 e. The van der Waals surface area contributed by atoms with E-state index >= 15 is 0 Å². The monoisotopic (exact) mass is 444 g/mol. The van der Waals surface area contributed by atoms with Gasteiger partial charge in [0.1, 0.15) is 6.10 Å². The number of nitrogens with one attached hydrogen (secondary N) is 2. The molecule has 2 amide bonds. The van der Waals surface area contributed by atoms with E-state index in [4.69, 9.17) is 27.9 Å². The topological polar surface area (TPSA) is 84.5 Å². The Kier molecular flexibility index (Phi) is 4.71. The van der Waals surface area contributed by atoms with Crippen LogP contribution in [0.5, 0.6) is 0 Å². The first-order valence-corrected chi connectivity index (χ1v) is 10.5. The lowest BCUT2D eigenvalue weighted by molar-refractivity contribution is -0.145. The average molecular weight is 445 g/mol. The predicted octanol–water partition coefficient (Wildman–Crippen LogP) is 4.38. The Morgan fingerprint density at radius 3 is 2.53 bits per heavy atom. The lowest BCUT2D eigenvalue weighted by Crippen LogP contribution is -2.35. The zero-order valence-corrected chi connectivity index (χ0v) is 17.2. The number of fused-ring (bicyclic) bond motifs is 1. The minimum atomic E-state index is -0.343. The molecule has 0 radical (unpaired) electrons. The van der Waals surface area contributed by atoms with Crippen molar-refractivity contribution in [3.63, 3.8) is 0 Å². The first kappa shape index (κ1) is 19.4. The van der Waals surface area contributed by atoms with E-state index in [0.717, 1.165) is 12.8 Å². The van der Waals surface area contributed by atoms with Crippen LogP contribution in [0.2, 0.25) is 10.0 Å². The molecule has 30 heavy (non-hydrogen) atoms. The number of ether oxygens (including phenoxy) is 1. The van der Waals surface area contributed by atoms with E-state index < -0.39 is 0 Å². The summed E-state index contributed by atoms with van der Waals surface area (Å²) in [5.74, 6) is -1.02. The summed E-state index contributed by atoms with van der Waals surface area (Å²) in [5, 5.41) is 6.23. The van der Waals surface area contributed by atoms with Gasteiger partial charge in [0.05, 0.1) is 27.6 Å². The van der Waals surface area contributed by atoms with Gasteiger partial charge in [-0.25, -0.2) is 0 Å². The molecule has 6 nitrogen and oxygen atoms in total. The summed E-state index contributed by atoms with van der Waals surface area (Å²) in [7, 11) is 0. The molecule has 3 aliphatic rings. The highest BCUT2D eigenvalue weighted by Crippen LogP contribution is 2.57. The van der Waals surface area contributed by atoms with Gasteiger partial charge in [-0.15, -0.1) is 0 Å². The number of carbonyl (C=O) groups excluding carboxylic acids is 3. The van der Waals surface area contributed by atoms with Gasteiger partial charge in [0.15, 0.2) is 0 Å². The molecule has 2 N–H and O–H groups in total. The number of anilines is 2. The van der Waals surface area contributed by atoms with E-state index in [-0.39, 0.29) is 52.6 Å². The van der Waals surface area contributed by atoms with Gasteiger partial charge < -0.3 is 15.4 Å². The quantitative estimate of drug-likeness (QED) is 0.685. The lowest BCUT2D eigenvalue weighted by atomic mass is 9.79. The number of amides is 2. The standard InChI is InChI=1S/C22H18Cl2N2O4/c23-14-2-1-3-15(19(14)24)26-20(27)10-4-6-12(7-5-10)25-21(28)17-11-8-13-16(9-11)30-22(29)18(13)17/h1-7,11,13,16-18H,8-9H2,(H,25,28)(H,26,27)/t11-,13+,16+,17-,18+/m1/s1. The maximum atomic E-state index is 12.8. The third-order valence-corrected chi connectivity index (χ3v) is 7.22. The molecule has 1 saturated heterocycles. The van der Waals surface area contributed by atoms with Gasteiger partial charge in [-0.3, -0.25) is 14.4 Å². The fraction of sp³-hybridized carbons (Fsp3) is 0.318. The molecular weight excluding hydrogens is 427 g/mol. The van der Waals surface area contributed by atoms with E-state index in [1.807, 2.05) is 0 Å². The smallest absolute Gasteiger partial charge is 0.310 e. The van der Waals surface area contributed by atoms with Crippen LogP contribution in [0.15, 0.2) is 42.5 Å². The van der Waals surface area contributed by atoms with E-state index in [1.54, 1.807) is 42.5 Å². The van der Waals surface area contributed by atoms with Crippen LogP contribution in [-0.4, -0.2) is 23.9 Å². The van der Waals surface area contributed by atoms with Crippen molar-refractivity contribution in [3.8, 4) is 0 Å². The number of halogens is 2. The maximum Gasteiger partial charge on any atom is 0.310 e. The van der Waals surface area contributed by atoms with Crippen LogP contribution in [-0.2, 0) is 14.3 Å². The highest BCUT2D eigenvalue weighted by Gasteiger charge is 2.63. The van der Waals surface area contributed by atoms with Crippen molar-refractivity contribution in [1.82, 2.24) is 0 Å². The van der Waals surface area contributed by atoms with Crippen molar-refractivity contribution in [2.24, 2.45) is 23.7 Å². The van der Waals surface area contributed by atoms with Crippen molar-refractivity contribution in [2.45, 2.75) is 18.9 Å². The highest BCUT2D eigenvalue weighted by atomic mass is 35.5. The molecule has 1 heterocycles. The fourth-order valence-corrected chi connectivity index (χ4v) is 5.44. The van der Waals surface area contributed by atoms with Crippen molar-refractivity contribution >= 4 is 52.4 Å². The molecule has 8 heteroatoms. The minimum Gasteiger partial charge on any atom is -0.462 e. The summed E-state index contributed by atoms with van der Waals surface area (Å²) in [5.41, 5.74) is 1.40. The molecule has 154 valence electrons. The number of benzene rings is 2. The Labute approximate surface area is 182 Å². The van der Waals surface area contributed by atoms with Crippen LogP contribution in [0.1, 0.15) is 23.2 Å². The summed E-state index contributed by atoms with van der Waals surface area (Å²) in [6.45, 7) is 0. The van der Waals surface area contributed by atoms with Crippen LogP contribution in [0.25, 0.3) is 0 Å². The summed E-state index contributed by atoms with van der Waals surface area (Å²) in [4.78, 5) is 37.4. The van der Waals surface area contributed by atoms with Gasteiger partial charge >= 0.3 is 5.97 Å². The minimum absolute atomic E-state index is 0.00217. The normalized spacial score (nSPS) is 28.3. The molecule has 2 aromatic carbocycles. The van der Waals surface area contributed by atoms with Crippen LogP contribution in [0.4, 0.5) is 11.4 Å². The van der Waals surface area contributed by atoms with Crippen LogP contribution >= 0.6 is 23.2 Å². The molecule has 2 aliphatic carbocycles. The summed E-state index contributed by atoms with van der Waals surface area (Å²) >= 11 is 12.1. The highest BCUT2D eigenvalue weighted by molar-refractivity contribution is 6.44. The van der Waals surface area contributed by atoms with Gasteiger partial charge in [0, 0.05) is 17.2 Å². The molecular formula is C22H18Cl2N2O4. The summed E-state index contributed by atoms with van der Waals surface area (Å²) in [6.07, 6.45) is 1.66. The molecule has 1 aliphatic heterocycles.